The number of imidazole rings is 1. The Morgan fingerprint density at radius 2 is 1.89 bits per heavy atom. The number of benzene rings is 1. The third-order valence-corrected chi connectivity index (χ3v) is 3.24. The van der Waals surface area contributed by atoms with Crippen LogP contribution in [0.4, 0.5) is 0 Å². The molecule has 1 aromatic carbocycles. The molecule has 96 valence electrons. The SMILES string of the molecule is CCn1ccn(CC(N)c2ccccc2C)c1=O. The van der Waals surface area contributed by atoms with Crippen molar-refractivity contribution >= 4 is 0 Å². The minimum Gasteiger partial charge on any atom is -0.322 e. The number of rotatable bonds is 4. The third kappa shape index (κ3) is 2.38. The topological polar surface area (TPSA) is 52.9 Å². The Kier molecular flexibility index (Phi) is 3.67. The van der Waals surface area contributed by atoms with Crippen LogP contribution in [0.25, 0.3) is 0 Å². The van der Waals surface area contributed by atoms with E-state index in [-0.39, 0.29) is 11.7 Å². The van der Waals surface area contributed by atoms with Crippen LogP contribution < -0.4 is 11.4 Å². The van der Waals surface area contributed by atoms with E-state index in [0.29, 0.717) is 13.1 Å². The van der Waals surface area contributed by atoms with Gasteiger partial charge in [0.2, 0.25) is 0 Å². The summed E-state index contributed by atoms with van der Waals surface area (Å²) >= 11 is 0. The summed E-state index contributed by atoms with van der Waals surface area (Å²) in [6, 6.07) is 7.86. The van der Waals surface area contributed by atoms with Crippen LogP contribution in [0.5, 0.6) is 0 Å². The van der Waals surface area contributed by atoms with E-state index in [0.717, 1.165) is 11.1 Å². The molecule has 0 bridgehead atoms. The van der Waals surface area contributed by atoms with Gasteiger partial charge < -0.3 is 5.73 Å². The fraction of sp³-hybridized carbons (Fsp3) is 0.357. The van der Waals surface area contributed by atoms with Gasteiger partial charge in [0.1, 0.15) is 0 Å². The van der Waals surface area contributed by atoms with E-state index in [2.05, 4.69) is 0 Å². The Balaban J connectivity index is 2.21. The third-order valence-electron chi connectivity index (χ3n) is 3.24. The first-order valence-electron chi connectivity index (χ1n) is 6.20. The van der Waals surface area contributed by atoms with Gasteiger partial charge in [-0.05, 0) is 25.0 Å². The smallest absolute Gasteiger partial charge is 0.322 e. The van der Waals surface area contributed by atoms with Crippen molar-refractivity contribution in [1.29, 1.82) is 0 Å². The number of hydrogen-bond acceptors (Lipinski definition) is 2. The molecule has 0 aliphatic carbocycles. The first-order chi connectivity index (χ1) is 8.63. The highest BCUT2D eigenvalue weighted by Gasteiger charge is 2.11. The summed E-state index contributed by atoms with van der Waals surface area (Å²) in [5.41, 5.74) is 8.43. The van der Waals surface area contributed by atoms with E-state index in [1.54, 1.807) is 21.5 Å². The summed E-state index contributed by atoms with van der Waals surface area (Å²) < 4.78 is 3.34. The van der Waals surface area contributed by atoms with Gasteiger partial charge in [-0.1, -0.05) is 24.3 Å². The van der Waals surface area contributed by atoms with Crippen molar-refractivity contribution in [2.75, 3.05) is 0 Å². The molecule has 0 fully saturated rings. The minimum absolute atomic E-state index is 0.00142. The van der Waals surface area contributed by atoms with Crippen LogP contribution in [0.1, 0.15) is 24.1 Å². The highest BCUT2D eigenvalue weighted by Crippen LogP contribution is 2.16. The van der Waals surface area contributed by atoms with Crippen molar-refractivity contribution in [3.63, 3.8) is 0 Å². The van der Waals surface area contributed by atoms with E-state index < -0.39 is 0 Å². The average molecular weight is 245 g/mol. The van der Waals surface area contributed by atoms with Gasteiger partial charge >= 0.3 is 5.69 Å². The first kappa shape index (κ1) is 12.6. The van der Waals surface area contributed by atoms with Crippen molar-refractivity contribution in [3.8, 4) is 0 Å². The van der Waals surface area contributed by atoms with Crippen molar-refractivity contribution in [1.82, 2.24) is 9.13 Å². The van der Waals surface area contributed by atoms with Gasteiger partial charge in [-0.3, -0.25) is 9.13 Å². The van der Waals surface area contributed by atoms with Crippen molar-refractivity contribution in [2.45, 2.75) is 33.0 Å². The molecule has 2 rings (SSSR count). The second kappa shape index (κ2) is 5.23. The van der Waals surface area contributed by atoms with E-state index >= 15 is 0 Å². The molecule has 4 nitrogen and oxygen atoms in total. The Morgan fingerprint density at radius 1 is 1.22 bits per heavy atom. The molecule has 0 aliphatic heterocycles. The normalized spacial score (nSPS) is 12.6. The molecule has 4 heteroatoms. The minimum atomic E-state index is -0.156. The maximum Gasteiger partial charge on any atom is 0.328 e. The molecule has 0 radical (unpaired) electrons. The molecule has 18 heavy (non-hydrogen) atoms. The van der Waals surface area contributed by atoms with Crippen molar-refractivity contribution < 1.29 is 0 Å². The Hall–Kier alpha value is -1.81. The lowest BCUT2D eigenvalue weighted by Gasteiger charge is -2.14. The molecule has 1 aromatic heterocycles. The Labute approximate surface area is 107 Å². The van der Waals surface area contributed by atoms with Gasteiger partial charge in [0.05, 0.1) is 0 Å². The summed E-state index contributed by atoms with van der Waals surface area (Å²) in [5.74, 6) is 0. The highest BCUT2D eigenvalue weighted by molar-refractivity contribution is 5.28. The zero-order chi connectivity index (χ0) is 13.1. The lowest BCUT2D eigenvalue weighted by atomic mass is 10.0. The van der Waals surface area contributed by atoms with Crippen LogP contribution in [0.3, 0.4) is 0 Å². The second-order valence-electron chi connectivity index (χ2n) is 4.48. The Morgan fingerprint density at radius 3 is 2.50 bits per heavy atom. The lowest BCUT2D eigenvalue weighted by molar-refractivity contribution is 0.546. The van der Waals surface area contributed by atoms with Crippen molar-refractivity contribution in [2.24, 2.45) is 5.73 Å². The fourth-order valence-electron chi connectivity index (χ4n) is 2.15. The predicted molar refractivity (Wildman–Crippen MR) is 72.5 cm³/mol. The van der Waals surface area contributed by atoms with E-state index in [1.165, 1.54) is 0 Å². The number of hydrogen-bond donors (Lipinski definition) is 1. The van der Waals surface area contributed by atoms with Crippen molar-refractivity contribution in [3.05, 3.63) is 58.3 Å². The quantitative estimate of drug-likeness (QED) is 0.891. The second-order valence-corrected chi connectivity index (χ2v) is 4.48. The maximum absolute atomic E-state index is 11.9. The molecular weight excluding hydrogens is 226 g/mol. The zero-order valence-corrected chi connectivity index (χ0v) is 10.8. The summed E-state index contributed by atoms with van der Waals surface area (Å²) in [4.78, 5) is 11.9. The molecule has 0 amide bonds. The number of nitrogens with two attached hydrogens (primary N) is 1. The van der Waals surface area contributed by atoms with Gasteiger partial charge in [0, 0.05) is 31.5 Å². The molecule has 0 spiro atoms. The summed E-state index contributed by atoms with van der Waals surface area (Å²) in [6.07, 6.45) is 3.59. The van der Waals surface area contributed by atoms with Gasteiger partial charge in [-0.25, -0.2) is 4.79 Å². The first-order valence-corrected chi connectivity index (χ1v) is 6.20. The van der Waals surface area contributed by atoms with Crippen LogP contribution in [0.2, 0.25) is 0 Å². The molecule has 2 N–H and O–H groups in total. The molecular formula is C14H19N3O. The maximum atomic E-state index is 11.9. The predicted octanol–water partition coefficient (Wildman–Crippen LogP) is 1.68. The van der Waals surface area contributed by atoms with E-state index in [9.17, 15) is 4.79 Å². The van der Waals surface area contributed by atoms with Crippen LogP contribution in [-0.4, -0.2) is 9.13 Å². The number of aryl methyl sites for hydroxylation is 2. The Bertz CT molecular complexity index is 583. The highest BCUT2D eigenvalue weighted by atomic mass is 16.1. The summed E-state index contributed by atoms with van der Waals surface area (Å²) in [6.45, 7) is 5.18. The molecule has 0 aliphatic rings. The fourth-order valence-corrected chi connectivity index (χ4v) is 2.15. The van der Waals surface area contributed by atoms with Crippen LogP contribution >= 0.6 is 0 Å². The summed E-state index contributed by atoms with van der Waals surface area (Å²) in [7, 11) is 0. The molecule has 1 unspecified atom stereocenters. The molecule has 0 saturated carbocycles. The van der Waals surface area contributed by atoms with Gasteiger partial charge in [0.25, 0.3) is 0 Å². The number of aromatic nitrogens is 2. The molecule has 0 saturated heterocycles. The monoisotopic (exact) mass is 245 g/mol. The van der Waals surface area contributed by atoms with E-state index in [1.807, 2.05) is 38.1 Å². The zero-order valence-electron chi connectivity index (χ0n) is 10.8. The van der Waals surface area contributed by atoms with Crippen LogP contribution in [-0.2, 0) is 13.1 Å². The average Bonchev–Trinajstić information content (AvgIpc) is 2.71. The van der Waals surface area contributed by atoms with Crippen LogP contribution in [0.15, 0.2) is 41.5 Å². The van der Waals surface area contributed by atoms with Gasteiger partial charge in [0.15, 0.2) is 0 Å². The van der Waals surface area contributed by atoms with Gasteiger partial charge in [-0.15, -0.1) is 0 Å². The standard InChI is InChI=1S/C14H19N3O/c1-3-16-8-9-17(14(16)18)10-13(15)12-7-5-4-6-11(12)2/h4-9,13H,3,10,15H2,1-2H3. The van der Waals surface area contributed by atoms with Gasteiger partial charge in [-0.2, -0.15) is 0 Å². The molecule has 1 atom stereocenters. The molecule has 2 aromatic rings. The largest absolute Gasteiger partial charge is 0.328 e. The lowest BCUT2D eigenvalue weighted by Crippen LogP contribution is -2.28. The number of nitrogens with zero attached hydrogens (tertiary/aromatic N) is 2. The van der Waals surface area contributed by atoms with E-state index in [4.69, 9.17) is 5.73 Å². The van der Waals surface area contributed by atoms with Crippen LogP contribution in [0, 0.1) is 6.92 Å². The summed E-state index contributed by atoms with van der Waals surface area (Å²) in [5, 5.41) is 0. The molecule has 1 heterocycles.